The number of piperidine rings is 1. The molecule has 1 aliphatic rings. The van der Waals surface area contributed by atoms with Crippen LogP contribution in [0, 0.1) is 0 Å². The van der Waals surface area contributed by atoms with Gasteiger partial charge in [-0.15, -0.1) is 0 Å². The van der Waals surface area contributed by atoms with Gasteiger partial charge in [-0.2, -0.15) is 5.10 Å². The monoisotopic (exact) mass is 392 g/mol. The van der Waals surface area contributed by atoms with E-state index >= 15 is 0 Å². The number of nitrogens with zero attached hydrogens (tertiary/aromatic N) is 4. The molecule has 0 saturated carbocycles. The number of amides is 1. The van der Waals surface area contributed by atoms with Gasteiger partial charge in [0.1, 0.15) is 5.52 Å². The van der Waals surface area contributed by atoms with Crippen molar-refractivity contribution in [3.8, 4) is 0 Å². The highest BCUT2D eigenvalue weighted by Gasteiger charge is 2.21. The predicted octanol–water partition coefficient (Wildman–Crippen LogP) is 3.47. The number of hydrogen-bond donors (Lipinski definition) is 0. The van der Waals surface area contributed by atoms with Crippen molar-refractivity contribution in [3.05, 3.63) is 69.9 Å². The molecule has 0 unspecified atom stereocenters. The summed E-state index contributed by atoms with van der Waals surface area (Å²) in [4.78, 5) is 27.5. The Labute approximate surface area is 170 Å². The first kappa shape index (κ1) is 19.4. The van der Waals surface area contributed by atoms with E-state index in [2.05, 4.69) is 50.1 Å². The van der Waals surface area contributed by atoms with Crippen molar-refractivity contribution in [1.82, 2.24) is 19.1 Å². The normalized spacial score (nSPS) is 15.1. The average Bonchev–Trinajstić information content (AvgIpc) is 3.15. The number of fused-ring (bicyclic) bond motifs is 1. The zero-order valence-electron chi connectivity index (χ0n) is 17.4. The molecule has 1 aromatic carbocycles. The van der Waals surface area contributed by atoms with E-state index in [9.17, 15) is 9.59 Å². The molecule has 0 N–H and O–H groups in total. The fraction of sp³-hybridized carbons (Fsp3) is 0.435. The van der Waals surface area contributed by atoms with Gasteiger partial charge in [0.05, 0.1) is 6.54 Å². The third kappa shape index (κ3) is 3.97. The number of likely N-dealkylation sites (tertiary alicyclic amines) is 1. The standard InChI is InChI=1S/C23H28N4O2/c1-23(2,3)18-9-7-17(8-10-18)16-26-13-14-27-20(22(26)29)15-19(24-27)21(28)25-11-5-4-6-12-25/h7-10,13-15H,4-6,11-12,16H2,1-3H3. The second-order valence-electron chi connectivity index (χ2n) is 8.89. The molecule has 3 aromatic rings. The molecular weight excluding hydrogens is 364 g/mol. The first-order chi connectivity index (χ1) is 13.8. The van der Waals surface area contributed by atoms with E-state index in [0.717, 1.165) is 37.9 Å². The highest BCUT2D eigenvalue weighted by molar-refractivity contribution is 5.93. The SMILES string of the molecule is CC(C)(C)c1ccc(Cn2ccn3nc(C(=O)N4CCCCC4)cc3c2=O)cc1. The summed E-state index contributed by atoms with van der Waals surface area (Å²) in [6.45, 7) is 8.57. The molecule has 0 bridgehead atoms. The molecule has 4 rings (SSSR count). The summed E-state index contributed by atoms with van der Waals surface area (Å²) in [7, 11) is 0. The maximum absolute atomic E-state index is 12.9. The van der Waals surface area contributed by atoms with Crippen LogP contribution in [0.25, 0.3) is 5.52 Å². The lowest BCUT2D eigenvalue weighted by Crippen LogP contribution is -2.35. The predicted molar refractivity (Wildman–Crippen MR) is 113 cm³/mol. The second-order valence-corrected chi connectivity index (χ2v) is 8.89. The molecule has 2 aromatic heterocycles. The minimum absolute atomic E-state index is 0.0860. The van der Waals surface area contributed by atoms with Gasteiger partial charge in [0, 0.05) is 31.5 Å². The van der Waals surface area contributed by atoms with Crippen LogP contribution in [0.4, 0.5) is 0 Å². The first-order valence-corrected chi connectivity index (χ1v) is 10.3. The molecule has 6 nitrogen and oxygen atoms in total. The van der Waals surface area contributed by atoms with Crippen LogP contribution >= 0.6 is 0 Å². The topological polar surface area (TPSA) is 59.6 Å². The molecule has 6 heteroatoms. The van der Waals surface area contributed by atoms with Crippen LogP contribution in [-0.4, -0.2) is 38.1 Å². The molecule has 1 fully saturated rings. The third-order valence-corrected chi connectivity index (χ3v) is 5.64. The molecule has 0 atom stereocenters. The Balaban J connectivity index is 1.59. The summed E-state index contributed by atoms with van der Waals surface area (Å²) in [6.07, 6.45) is 6.69. The van der Waals surface area contributed by atoms with Crippen LogP contribution in [0.5, 0.6) is 0 Å². The molecule has 1 saturated heterocycles. The summed E-state index contributed by atoms with van der Waals surface area (Å²) in [6, 6.07) is 10.00. The molecule has 152 valence electrons. The number of carbonyl (C=O) groups is 1. The number of carbonyl (C=O) groups excluding carboxylic acids is 1. The maximum atomic E-state index is 12.9. The maximum Gasteiger partial charge on any atom is 0.276 e. The molecule has 1 amide bonds. The van der Waals surface area contributed by atoms with E-state index in [1.807, 2.05) is 4.90 Å². The molecular formula is C23H28N4O2. The van der Waals surface area contributed by atoms with Crippen molar-refractivity contribution in [1.29, 1.82) is 0 Å². The van der Waals surface area contributed by atoms with Gasteiger partial charge in [-0.3, -0.25) is 9.59 Å². The summed E-state index contributed by atoms with van der Waals surface area (Å²) in [5.74, 6) is -0.0860. The lowest BCUT2D eigenvalue weighted by atomic mass is 9.87. The lowest BCUT2D eigenvalue weighted by Gasteiger charge is -2.25. The molecule has 0 aliphatic carbocycles. The number of hydrogen-bond acceptors (Lipinski definition) is 3. The zero-order valence-corrected chi connectivity index (χ0v) is 17.4. The molecule has 0 radical (unpaired) electrons. The van der Waals surface area contributed by atoms with Crippen molar-refractivity contribution in [2.75, 3.05) is 13.1 Å². The van der Waals surface area contributed by atoms with Gasteiger partial charge in [0.15, 0.2) is 5.69 Å². The Morgan fingerprint density at radius 1 is 1.03 bits per heavy atom. The van der Waals surface area contributed by atoms with E-state index in [1.165, 1.54) is 10.1 Å². The van der Waals surface area contributed by atoms with Gasteiger partial charge >= 0.3 is 0 Å². The van der Waals surface area contributed by atoms with Crippen LogP contribution in [-0.2, 0) is 12.0 Å². The highest BCUT2D eigenvalue weighted by Crippen LogP contribution is 2.22. The van der Waals surface area contributed by atoms with Crippen LogP contribution in [0.1, 0.15) is 61.6 Å². The lowest BCUT2D eigenvalue weighted by molar-refractivity contribution is 0.0718. The van der Waals surface area contributed by atoms with Crippen molar-refractivity contribution >= 4 is 11.4 Å². The Bertz CT molecular complexity index is 1080. The minimum atomic E-state index is -0.141. The zero-order chi connectivity index (χ0) is 20.6. The first-order valence-electron chi connectivity index (χ1n) is 10.3. The molecule has 1 aliphatic heterocycles. The Kier molecular flexibility index (Phi) is 5.03. The Morgan fingerprint density at radius 2 is 1.72 bits per heavy atom. The number of aromatic nitrogens is 3. The number of rotatable bonds is 3. The van der Waals surface area contributed by atoms with E-state index in [-0.39, 0.29) is 16.9 Å². The van der Waals surface area contributed by atoms with Crippen molar-refractivity contribution in [2.45, 2.75) is 52.0 Å². The van der Waals surface area contributed by atoms with E-state index in [1.54, 1.807) is 23.0 Å². The van der Waals surface area contributed by atoms with Gasteiger partial charge < -0.3 is 9.47 Å². The molecule has 0 spiro atoms. The van der Waals surface area contributed by atoms with E-state index in [4.69, 9.17) is 0 Å². The van der Waals surface area contributed by atoms with Gasteiger partial charge in [0.25, 0.3) is 11.5 Å². The minimum Gasteiger partial charge on any atom is -0.337 e. The summed E-state index contributed by atoms with van der Waals surface area (Å²) < 4.78 is 3.18. The Hall–Kier alpha value is -2.89. The van der Waals surface area contributed by atoms with Crippen molar-refractivity contribution in [2.24, 2.45) is 0 Å². The second kappa shape index (κ2) is 7.50. The van der Waals surface area contributed by atoms with Gasteiger partial charge in [-0.05, 0) is 35.8 Å². The fourth-order valence-electron chi connectivity index (χ4n) is 3.82. The summed E-state index contributed by atoms with van der Waals surface area (Å²) >= 11 is 0. The quantitative estimate of drug-likeness (QED) is 0.686. The average molecular weight is 393 g/mol. The third-order valence-electron chi connectivity index (χ3n) is 5.64. The van der Waals surface area contributed by atoms with Crippen molar-refractivity contribution < 1.29 is 4.79 Å². The summed E-state index contributed by atoms with van der Waals surface area (Å²) in [5, 5.41) is 4.35. The van der Waals surface area contributed by atoms with Crippen molar-refractivity contribution in [3.63, 3.8) is 0 Å². The number of benzene rings is 1. The van der Waals surface area contributed by atoms with Gasteiger partial charge in [-0.1, -0.05) is 45.0 Å². The van der Waals surface area contributed by atoms with E-state index in [0.29, 0.717) is 17.8 Å². The highest BCUT2D eigenvalue weighted by atomic mass is 16.2. The Morgan fingerprint density at radius 3 is 2.38 bits per heavy atom. The van der Waals surface area contributed by atoms with Gasteiger partial charge in [0.2, 0.25) is 0 Å². The molecule has 29 heavy (non-hydrogen) atoms. The summed E-state index contributed by atoms with van der Waals surface area (Å²) in [5.41, 5.74) is 3.06. The van der Waals surface area contributed by atoms with E-state index < -0.39 is 0 Å². The van der Waals surface area contributed by atoms with Crippen LogP contribution in [0.3, 0.4) is 0 Å². The van der Waals surface area contributed by atoms with Crippen LogP contribution < -0.4 is 5.56 Å². The smallest absolute Gasteiger partial charge is 0.276 e. The fourth-order valence-corrected chi connectivity index (χ4v) is 3.82. The van der Waals surface area contributed by atoms with Crippen LogP contribution in [0.2, 0.25) is 0 Å². The molecule has 3 heterocycles. The van der Waals surface area contributed by atoms with Gasteiger partial charge in [-0.25, -0.2) is 4.52 Å². The van der Waals surface area contributed by atoms with Crippen LogP contribution in [0.15, 0.2) is 47.5 Å². The largest absolute Gasteiger partial charge is 0.337 e.